The molecule has 1 aromatic rings. The van der Waals surface area contributed by atoms with E-state index in [1.165, 1.54) is 0 Å². The highest BCUT2D eigenvalue weighted by atomic mass is 16.4. The van der Waals surface area contributed by atoms with Crippen molar-refractivity contribution >= 4 is 5.97 Å². The van der Waals surface area contributed by atoms with E-state index in [0.717, 1.165) is 18.5 Å². The molecule has 0 aliphatic heterocycles. The molecule has 0 spiro atoms. The highest BCUT2D eigenvalue weighted by Crippen LogP contribution is 2.14. The second kappa shape index (κ2) is 7.07. The van der Waals surface area contributed by atoms with E-state index in [-0.39, 0.29) is 0 Å². The Morgan fingerprint density at radius 2 is 1.94 bits per heavy atom. The first-order valence-corrected chi connectivity index (χ1v) is 6.09. The monoisotopic (exact) mass is 235 g/mol. The minimum Gasteiger partial charge on any atom is -0.481 e. The van der Waals surface area contributed by atoms with Crippen molar-refractivity contribution in [3.8, 4) is 0 Å². The molecule has 0 fully saturated rings. The quantitative estimate of drug-likeness (QED) is 0.714. The maximum absolute atomic E-state index is 11.2. The summed E-state index contributed by atoms with van der Waals surface area (Å²) in [5.74, 6) is -0.584. The van der Waals surface area contributed by atoms with Crippen LogP contribution in [-0.2, 0) is 4.79 Å². The average molecular weight is 235 g/mol. The standard InChI is InChI=1S/C14H21NO2/c1-11(2)8-9-15-10-13(14(16)17)12-6-4-3-5-7-12/h3-7,11,13,15H,8-10H2,1-2H3,(H,16,17). The van der Waals surface area contributed by atoms with E-state index in [0.29, 0.717) is 12.5 Å². The molecule has 0 aliphatic carbocycles. The Morgan fingerprint density at radius 3 is 2.47 bits per heavy atom. The van der Waals surface area contributed by atoms with Crippen LogP contribution in [0.1, 0.15) is 31.7 Å². The molecule has 0 saturated carbocycles. The van der Waals surface area contributed by atoms with Crippen LogP contribution in [0.15, 0.2) is 30.3 Å². The summed E-state index contributed by atoms with van der Waals surface area (Å²) < 4.78 is 0. The third-order valence-electron chi connectivity index (χ3n) is 2.75. The van der Waals surface area contributed by atoms with Crippen molar-refractivity contribution in [1.29, 1.82) is 0 Å². The predicted molar refractivity (Wildman–Crippen MR) is 69.1 cm³/mol. The fraction of sp³-hybridized carbons (Fsp3) is 0.500. The minimum absolute atomic E-state index is 0.455. The van der Waals surface area contributed by atoms with Gasteiger partial charge in [0.2, 0.25) is 0 Å². The molecule has 3 nitrogen and oxygen atoms in total. The lowest BCUT2D eigenvalue weighted by Gasteiger charge is -2.14. The summed E-state index contributed by atoms with van der Waals surface area (Å²) in [6.45, 7) is 5.68. The lowest BCUT2D eigenvalue weighted by Crippen LogP contribution is -2.28. The molecule has 1 aromatic carbocycles. The Hall–Kier alpha value is -1.35. The van der Waals surface area contributed by atoms with E-state index in [2.05, 4.69) is 19.2 Å². The lowest BCUT2D eigenvalue weighted by molar-refractivity contribution is -0.138. The van der Waals surface area contributed by atoms with Crippen molar-refractivity contribution in [1.82, 2.24) is 5.32 Å². The van der Waals surface area contributed by atoms with Crippen LogP contribution in [0.5, 0.6) is 0 Å². The molecular weight excluding hydrogens is 214 g/mol. The number of rotatable bonds is 7. The summed E-state index contributed by atoms with van der Waals surface area (Å²) >= 11 is 0. The van der Waals surface area contributed by atoms with Gasteiger partial charge in [-0.2, -0.15) is 0 Å². The fourth-order valence-electron chi connectivity index (χ4n) is 1.67. The fourth-order valence-corrected chi connectivity index (χ4v) is 1.67. The van der Waals surface area contributed by atoms with Crippen molar-refractivity contribution in [2.45, 2.75) is 26.2 Å². The SMILES string of the molecule is CC(C)CCNCC(C(=O)O)c1ccccc1. The van der Waals surface area contributed by atoms with E-state index in [9.17, 15) is 9.90 Å². The number of carboxylic acid groups (broad SMARTS) is 1. The molecular formula is C14H21NO2. The van der Waals surface area contributed by atoms with Crippen LogP contribution in [0.4, 0.5) is 0 Å². The molecule has 3 heteroatoms. The zero-order valence-electron chi connectivity index (χ0n) is 10.5. The Kier molecular flexibility index (Phi) is 5.70. The molecule has 1 atom stereocenters. The van der Waals surface area contributed by atoms with E-state index in [1.54, 1.807) is 0 Å². The van der Waals surface area contributed by atoms with Crippen LogP contribution in [0.25, 0.3) is 0 Å². The summed E-state index contributed by atoms with van der Waals surface area (Å²) in [6, 6.07) is 9.37. The molecule has 17 heavy (non-hydrogen) atoms. The summed E-state index contributed by atoms with van der Waals surface area (Å²) in [5.41, 5.74) is 0.858. The van der Waals surface area contributed by atoms with Crippen molar-refractivity contribution in [2.24, 2.45) is 5.92 Å². The maximum Gasteiger partial charge on any atom is 0.312 e. The summed E-state index contributed by atoms with van der Waals surface area (Å²) in [7, 11) is 0. The molecule has 1 unspecified atom stereocenters. The highest BCUT2D eigenvalue weighted by Gasteiger charge is 2.18. The first-order valence-electron chi connectivity index (χ1n) is 6.09. The minimum atomic E-state index is -0.770. The molecule has 0 radical (unpaired) electrons. The number of carboxylic acids is 1. The largest absolute Gasteiger partial charge is 0.481 e. The number of hydrogen-bond donors (Lipinski definition) is 2. The Morgan fingerprint density at radius 1 is 1.29 bits per heavy atom. The van der Waals surface area contributed by atoms with Crippen LogP contribution in [0.2, 0.25) is 0 Å². The van der Waals surface area contributed by atoms with Gasteiger partial charge in [0.25, 0.3) is 0 Å². The van der Waals surface area contributed by atoms with Gasteiger partial charge in [-0.3, -0.25) is 4.79 Å². The molecule has 0 amide bonds. The second-order valence-electron chi connectivity index (χ2n) is 4.69. The van der Waals surface area contributed by atoms with Gasteiger partial charge in [0.1, 0.15) is 0 Å². The van der Waals surface area contributed by atoms with E-state index < -0.39 is 11.9 Å². The van der Waals surface area contributed by atoms with Gasteiger partial charge in [0.15, 0.2) is 0 Å². The van der Waals surface area contributed by atoms with Gasteiger partial charge in [0, 0.05) is 6.54 Å². The maximum atomic E-state index is 11.2. The number of nitrogens with one attached hydrogen (secondary N) is 1. The predicted octanol–water partition coefficient (Wildman–Crippen LogP) is 2.49. The summed E-state index contributed by atoms with van der Waals surface area (Å²) in [4.78, 5) is 11.2. The Bertz CT molecular complexity index is 335. The molecule has 0 aromatic heterocycles. The zero-order chi connectivity index (χ0) is 12.7. The topological polar surface area (TPSA) is 49.3 Å². The number of benzene rings is 1. The van der Waals surface area contributed by atoms with Crippen LogP contribution in [0.3, 0.4) is 0 Å². The molecule has 0 heterocycles. The van der Waals surface area contributed by atoms with Crippen molar-refractivity contribution in [3.63, 3.8) is 0 Å². The van der Waals surface area contributed by atoms with Crippen LogP contribution >= 0.6 is 0 Å². The van der Waals surface area contributed by atoms with Gasteiger partial charge < -0.3 is 10.4 Å². The normalized spacial score (nSPS) is 12.6. The van der Waals surface area contributed by atoms with E-state index in [1.807, 2.05) is 30.3 Å². The van der Waals surface area contributed by atoms with Crippen molar-refractivity contribution in [3.05, 3.63) is 35.9 Å². The third kappa shape index (κ3) is 5.00. The van der Waals surface area contributed by atoms with Gasteiger partial charge in [0.05, 0.1) is 5.92 Å². The van der Waals surface area contributed by atoms with Gasteiger partial charge in [-0.25, -0.2) is 0 Å². The molecule has 2 N–H and O–H groups in total. The zero-order valence-corrected chi connectivity index (χ0v) is 10.5. The number of carbonyl (C=O) groups is 1. The lowest BCUT2D eigenvalue weighted by atomic mass is 9.99. The number of aliphatic carboxylic acids is 1. The third-order valence-corrected chi connectivity index (χ3v) is 2.75. The van der Waals surface area contributed by atoms with Gasteiger partial charge in [-0.1, -0.05) is 44.2 Å². The summed E-state index contributed by atoms with van der Waals surface area (Å²) in [5, 5.41) is 12.4. The summed E-state index contributed by atoms with van der Waals surface area (Å²) in [6.07, 6.45) is 1.07. The molecule has 94 valence electrons. The highest BCUT2D eigenvalue weighted by molar-refractivity contribution is 5.76. The Labute approximate surface area is 103 Å². The van der Waals surface area contributed by atoms with Crippen LogP contribution in [0, 0.1) is 5.92 Å². The first kappa shape index (κ1) is 13.7. The van der Waals surface area contributed by atoms with Gasteiger partial charge in [-0.05, 0) is 24.4 Å². The molecule has 0 aliphatic rings. The van der Waals surface area contributed by atoms with Crippen molar-refractivity contribution < 1.29 is 9.90 Å². The Balaban J connectivity index is 2.48. The van der Waals surface area contributed by atoms with E-state index in [4.69, 9.17) is 0 Å². The van der Waals surface area contributed by atoms with Crippen LogP contribution < -0.4 is 5.32 Å². The average Bonchev–Trinajstić information content (AvgIpc) is 2.29. The molecule has 1 rings (SSSR count). The second-order valence-corrected chi connectivity index (χ2v) is 4.69. The number of hydrogen-bond acceptors (Lipinski definition) is 2. The van der Waals surface area contributed by atoms with Gasteiger partial charge >= 0.3 is 5.97 Å². The first-order chi connectivity index (χ1) is 8.11. The molecule has 0 bridgehead atoms. The van der Waals surface area contributed by atoms with Crippen LogP contribution in [-0.4, -0.2) is 24.2 Å². The smallest absolute Gasteiger partial charge is 0.312 e. The van der Waals surface area contributed by atoms with Gasteiger partial charge in [-0.15, -0.1) is 0 Å². The molecule has 0 saturated heterocycles. The van der Waals surface area contributed by atoms with E-state index >= 15 is 0 Å². The van der Waals surface area contributed by atoms with Crippen molar-refractivity contribution in [2.75, 3.05) is 13.1 Å².